The Kier molecular flexibility index (Phi) is 5.95. The zero-order valence-electron chi connectivity index (χ0n) is 19.9. The Morgan fingerprint density at radius 1 is 0.862 bits per heavy atom. The highest BCUT2D eigenvalue weighted by Crippen LogP contribution is 2.69. The molecular formula is C27H48O2. The van der Waals surface area contributed by atoms with E-state index in [9.17, 15) is 10.2 Å². The Labute approximate surface area is 180 Å². The van der Waals surface area contributed by atoms with Crippen molar-refractivity contribution in [3.05, 3.63) is 0 Å². The second-order valence-electron chi connectivity index (χ2n) is 12.7. The molecule has 0 spiro atoms. The van der Waals surface area contributed by atoms with Crippen LogP contribution in [0.15, 0.2) is 0 Å². The quantitative estimate of drug-likeness (QED) is 0.543. The predicted octanol–water partition coefficient (Wildman–Crippen LogP) is 6.58. The van der Waals surface area contributed by atoms with Crippen LogP contribution in [0.5, 0.6) is 0 Å². The minimum atomic E-state index is -0.831. The lowest BCUT2D eigenvalue weighted by Gasteiger charge is -2.64. The topological polar surface area (TPSA) is 40.5 Å². The molecule has 7 unspecified atom stereocenters. The van der Waals surface area contributed by atoms with Crippen molar-refractivity contribution in [1.82, 2.24) is 0 Å². The molecule has 4 fully saturated rings. The third-order valence-electron chi connectivity index (χ3n) is 11.0. The summed E-state index contributed by atoms with van der Waals surface area (Å²) in [6.45, 7) is 12.2. The van der Waals surface area contributed by atoms with Gasteiger partial charge in [-0.2, -0.15) is 0 Å². The largest absolute Gasteiger partial charge is 0.390 e. The summed E-state index contributed by atoms with van der Waals surface area (Å²) in [6.07, 6.45) is 14.1. The van der Waals surface area contributed by atoms with Crippen LogP contribution in [0.1, 0.15) is 112 Å². The summed E-state index contributed by atoms with van der Waals surface area (Å²) in [7, 11) is 0. The Bertz CT molecular complexity index is 587. The van der Waals surface area contributed by atoms with E-state index in [1.807, 2.05) is 0 Å². The standard InChI is InChI=1S/C27H48O2/c1-18(2)8-6-9-19(3)21-11-12-22-20-13-17-27(29)24(28)10-7-15-26(27,5)23(20)14-16-25(21,22)4/h18-24,28-29H,6-17H2,1-5H3/t19-,20?,21?,22?,23?,24-,25?,26?,27?/m1/s1. The molecule has 29 heavy (non-hydrogen) atoms. The number of rotatable bonds is 5. The molecule has 0 saturated heterocycles. The van der Waals surface area contributed by atoms with E-state index in [0.29, 0.717) is 11.3 Å². The summed E-state index contributed by atoms with van der Waals surface area (Å²) < 4.78 is 0. The molecule has 2 N–H and O–H groups in total. The van der Waals surface area contributed by atoms with Crippen molar-refractivity contribution in [3.63, 3.8) is 0 Å². The van der Waals surface area contributed by atoms with E-state index in [2.05, 4.69) is 34.6 Å². The third-order valence-corrected chi connectivity index (χ3v) is 11.0. The van der Waals surface area contributed by atoms with Gasteiger partial charge >= 0.3 is 0 Å². The van der Waals surface area contributed by atoms with E-state index >= 15 is 0 Å². The van der Waals surface area contributed by atoms with Gasteiger partial charge in [-0.1, -0.05) is 60.3 Å². The SMILES string of the molecule is CC(C)CCC[C@@H](C)C1CCC2C3CCC4(O)[C@H](O)CCCC4(C)C3CCC21C. The molecule has 168 valence electrons. The summed E-state index contributed by atoms with van der Waals surface area (Å²) in [5.41, 5.74) is -0.393. The Hall–Kier alpha value is -0.0800. The maximum atomic E-state index is 11.6. The molecule has 9 atom stereocenters. The van der Waals surface area contributed by atoms with Gasteiger partial charge in [0.2, 0.25) is 0 Å². The van der Waals surface area contributed by atoms with Crippen molar-refractivity contribution >= 4 is 0 Å². The fourth-order valence-corrected chi connectivity index (χ4v) is 9.35. The summed E-state index contributed by atoms with van der Waals surface area (Å²) in [5, 5.41) is 22.3. The minimum Gasteiger partial charge on any atom is -0.390 e. The Morgan fingerprint density at radius 2 is 1.62 bits per heavy atom. The molecule has 2 nitrogen and oxygen atoms in total. The fourth-order valence-electron chi connectivity index (χ4n) is 9.35. The first-order chi connectivity index (χ1) is 13.6. The molecule has 0 heterocycles. The van der Waals surface area contributed by atoms with Crippen LogP contribution in [0, 0.1) is 46.3 Å². The summed E-state index contributed by atoms with van der Waals surface area (Å²) in [4.78, 5) is 0. The highest BCUT2D eigenvalue weighted by Gasteiger charge is 2.65. The molecule has 0 aliphatic heterocycles. The number of aliphatic hydroxyl groups is 2. The first-order valence-corrected chi connectivity index (χ1v) is 13.0. The molecule has 0 aromatic heterocycles. The maximum absolute atomic E-state index is 11.6. The van der Waals surface area contributed by atoms with Gasteiger partial charge in [0.15, 0.2) is 0 Å². The molecule has 0 radical (unpaired) electrons. The van der Waals surface area contributed by atoms with E-state index in [1.54, 1.807) is 0 Å². The van der Waals surface area contributed by atoms with Crippen LogP contribution in [-0.2, 0) is 0 Å². The van der Waals surface area contributed by atoms with Crippen LogP contribution in [0.2, 0.25) is 0 Å². The van der Waals surface area contributed by atoms with Crippen molar-refractivity contribution < 1.29 is 10.2 Å². The summed E-state index contributed by atoms with van der Waals surface area (Å²) in [6, 6.07) is 0. The van der Waals surface area contributed by atoms with E-state index in [1.165, 1.54) is 44.9 Å². The summed E-state index contributed by atoms with van der Waals surface area (Å²) >= 11 is 0. The van der Waals surface area contributed by atoms with Gasteiger partial charge < -0.3 is 10.2 Å². The highest BCUT2D eigenvalue weighted by molar-refractivity contribution is 5.15. The van der Waals surface area contributed by atoms with Gasteiger partial charge in [0, 0.05) is 5.41 Å². The maximum Gasteiger partial charge on any atom is 0.0961 e. The van der Waals surface area contributed by atoms with Crippen molar-refractivity contribution in [1.29, 1.82) is 0 Å². The van der Waals surface area contributed by atoms with Crippen LogP contribution in [0.4, 0.5) is 0 Å². The fraction of sp³-hybridized carbons (Fsp3) is 1.00. The molecule has 2 heteroatoms. The lowest BCUT2D eigenvalue weighted by molar-refractivity contribution is -0.246. The summed E-state index contributed by atoms with van der Waals surface area (Å²) in [5.74, 6) is 4.82. The number of hydrogen-bond donors (Lipinski definition) is 2. The van der Waals surface area contributed by atoms with Crippen molar-refractivity contribution in [2.24, 2.45) is 46.3 Å². The minimum absolute atomic E-state index is 0.0735. The molecule has 4 aliphatic carbocycles. The number of aliphatic hydroxyl groups excluding tert-OH is 1. The van der Waals surface area contributed by atoms with Gasteiger partial charge in [0.1, 0.15) is 0 Å². The van der Waals surface area contributed by atoms with Crippen LogP contribution < -0.4 is 0 Å². The number of hydrogen-bond acceptors (Lipinski definition) is 2. The van der Waals surface area contributed by atoms with E-state index in [-0.39, 0.29) is 5.41 Å². The lowest BCUT2D eigenvalue weighted by Crippen LogP contribution is -2.66. The van der Waals surface area contributed by atoms with Gasteiger partial charge in [-0.15, -0.1) is 0 Å². The van der Waals surface area contributed by atoms with E-state index in [4.69, 9.17) is 0 Å². The van der Waals surface area contributed by atoms with Crippen LogP contribution in [-0.4, -0.2) is 21.9 Å². The van der Waals surface area contributed by atoms with Crippen LogP contribution in [0.3, 0.4) is 0 Å². The molecule has 0 bridgehead atoms. The lowest BCUT2D eigenvalue weighted by atomic mass is 9.42. The molecule has 4 aliphatic rings. The van der Waals surface area contributed by atoms with E-state index in [0.717, 1.165) is 61.7 Å². The average Bonchev–Trinajstić information content (AvgIpc) is 3.01. The molecule has 4 rings (SSSR count). The monoisotopic (exact) mass is 404 g/mol. The van der Waals surface area contributed by atoms with Crippen molar-refractivity contribution in [3.8, 4) is 0 Å². The third kappa shape index (κ3) is 3.34. The average molecular weight is 405 g/mol. The normalized spacial score (nSPS) is 50.7. The van der Waals surface area contributed by atoms with Gasteiger partial charge in [-0.3, -0.25) is 0 Å². The van der Waals surface area contributed by atoms with Crippen LogP contribution >= 0.6 is 0 Å². The number of fused-ring (bicyclic) bond motifs is 5. The zero-order valence-corrected chi connectivity index (χ0v) is 19.9. The molecule has 0 aromatic rings. The van der Waals surface area contributed by atoms with Crippen molar-refractivity contribution in [2.45, 2.75) is 123 Å². The van der Waals surface area contributed by atoms with Gasteiger partial charge in [-0.05, 0) is 92.3 Å². The predicted molar refractivity (Wildman–Crippen MR) is 121 cm³/mol. The van der Waals surface area contributed by atoms with Crippen molar-refractivity contribution in [2.75, 3.05) is 0 Å². The van der Waals surface area contributed by atoms with Gasteiger partial charge in [-0.25, -0.2) is 0 Å². The molecule has 4 saturated carbocycles. The van der Waals surface area contributed by atoms with Crippen LogP contribution in [0.25, 0.3) is 0 Å². The first kappa shape index (κ1) is 22.1. The second-order valence-corrected chi connectivity index (χ2v) is 12.7. The zero-order chi connectivity index (χ0) is 21.0. The van der Waals surface area contributed by atoms with E-state index < -0.39 is 11.7 Å². The Balaban J connectivity index is 1.51. The Morgan fingerprint density at radius 3 is 2.34 bits per heavy atom. The highest BCUT2D eigenvalue weighted by atomic mass is 16.3. The smallest absolute Gasteiger partial charge is 0.0961 e. The second kappa shape index (κ2) is 7.80. The van der Waals surface area contributed by atoms with Gasteiger partial charge in [0.25, 0.3) is 0 Å². The molecule has 0 amide bonds. The first-order valence-electron chi connectivity index (χ1n) is 13.0. The molecule has 0 aromatic carbocycles. The van der Waals surface area contributed by atoms with Gasteiger partial charge in [0.05, 0.1) is 11.7 Å². The molecular weight excluding hydrogens is 356 g/mol.